The Labute approximate surface area is 137 Å². The van der Waals surface area contributed by atoms with E-state index in [0.717, 1.165) is 48.3 Å². The molecule has 0 spiro atoms. The summed E-state index contributed by atoms with van der Waals surface area (Å²) in [5.41, 5.74) is 9.85. The number of amides is 1. The molecule has 4 nitrogen and oxygen atoms in total. The molecule has 0 radical (unpaired) electrons. The van der Waals surface area contributed by atoms with Gasteiger partial charge in [0.05, 0.1) is 5.56 Å². The van der Waals surface area contributed by atoms with Crippen LogP contribution in [0, 0.1) is 13.8 Å². The number of para-hydroxylation sites is 1. The number of hydrogen-bond acceptors (Lipinski definition) is 2. The number of carbonyl (C=O) groups excluding carboxylic acids is 1. The summed E-state index contributed by atoms with van der Waals surface area (Å²) < 4.78 is 2.13. The Balaban J connectivity index is 1.79. The molecule has 122 valence electrons. The van der Waals surface area contributed by atoms with Crippen LogP contribution in [0.5, 0.6) is 0 Å². The zero-order valence-corrected chi connectivity index (χ0v) is 13.9. The second-order valence-corrected chi connectivity index (χ2v) is 6.54. The van der Waals surface area contributed by atoms with Gasteiger partial charge in [-0.05, 0) is 57.7 Å². The van der Waals surface area contributed by atoms with E-state index in [9.17, 15) is 4.79 Å². The largest absolute Gasteiger partial charge is 0.349 e. The van der Waals surface area contributed by atoms with Crippen molar-refractivity contribution in [1.29, 1.82) is 0 Å². The van der Waals surface area contributed by atoms with E-state index in [1.165, 1.54) is 0 Å². The molecule has 23 heavy (non-hydrogen) atoms. The predicted octanol–water partition coefficient (Wildman–Crippen LogP) is 3.09. The Bertz CT molecular complexity index is 682. The first-order valence-electron chi connectivity index (χ1n) is 8.37. The van der Waals surface area contributed by atoms with Gasteiger partial charge in [-0.15, -0.1) is 0 Å². The van der Waals surface area contributed by atoms with Crippen LogP contribution in [-0.2, 0) is 0 Å². The van der Waals surface area contributed by atoms with Crippen LogP contribution < -0.4 is 11.1 Å². The Morgan fingerprint density at radius 2 is 1.78 bits per heavy atom. The SMILES string of the molecule is Cc1cc(C(=O)NC2CCC(N)CC2)c(C)n1-c1ccccc1. The van der Waals surface area contributed by atoms with Crippen LogP contribution in [0.15, 0.2) is 36.4 Å². The van der Waals surface area contributed by atoms with Crippen molar-refractivity contribution in [3.05, 3.63) is 53.3 Å². The quantitative estimate of drug-likeness (QED) is 0.915. The van der Waals surface area contributed by atoms with Crippen LogP contribution in [0.25, 0.3) is 5.69 Å². The number of rotatable bonds is 3. The molecule has 3 rings (SSSR count). The summed E-state index contributed by atoms with van der Waals surface area (Å²) in [4.78, 5) is 12.7. The first kappa shape index (κ1) is 15.8. The highest BCUT2D eigenvalue weighted by Crippen LogP contribution is 2.22. The molecule has 1 aromatic heterocycles. The average Bonchev–Trinajstić information content (AvgIpc) is 2.85. The fraction of sp³-hybridized carbons (Fsp3) is 0.421. The molecule has 1 aromatic carbocycles. The molecule has 3 N–H and O–H groups in total. The van der Waals surface area contributed by atoms with Crippen molar-refractivity contribution < 1.29 is 4.79 Å². The third-order valence-electron chi connectivity index (χ3n) is 4.80. The molecular weight excluding hydrogens is 286 g/mol. The number of benzene rings is 1. The maximum absolute atomic E-state index is 12.7. The number of aromatic nitrogens is 1. The fourth-order valence-corrected chi connectivity index (χ4v) is 3.49. The van der Waals surface area contributed by atoms with Crippen molar-refractivity contribution in [1.82, 2.24) is 9.88 Å². The second kappa shape index (κ2) is 6.59. The number of nitrogens with two attached hydrogens (primary N) is 1. The number of carbonyl (C=O) groups is 1. The van der Waals surface area contributed by atoms with Crippen LogP contribution >= 0.6 is 0 Å². The fourth-order valence-electron chi connectivity index (χ4n) is 3.49. The smallest absolute Gasteiger partial charge is 0.253 e. The summed E-state index contributed by atoms with van der Waals surface area (Å²) in [6.07, 6.45) is 3.94. The van der Waals surface area contributed by atoms with Crippen molar-refractivity contribution in [2.75, 3.05) is 0 Å². The van der Waals surface area contributed by atoms with Crippen molar-refractivity contribution in [2.45, 2.75) is 51.6 Å². The van der Waals surface area contributed by atoms with Crippen LogP contribution in [0.1, 0.15) is 47.4 Å². The van der Waals surface area contributed by atoms with Crippen molar-refractivity contribution in [2.24, 2.45) is 5.73 Å². The molecule has 0 bridgehead atoms. The molecule has 1 heterocycles. The average molecular weight is 311 g/mol. The zero-order valence-electron chi connectivity index (χ0n) is 13.9. The normalized spacial score (nSPS) is 21.2. The number of hydrogen-bond donors (Lipinski definition) is 2. The third-order valence-corrected chi connectivity index (χ3v) is 4.80. The van der Waals surface area contributed by atoms with E-state index in [-0.39, 0.29) is 11.9 Å². The predicted molar refractivity (Wildman–Crippen MR) is 92.9 cm³/mol. The topological polar surface area (TPSA) is 60.1 Å². The Morgan fingerprint density at radius 3 is 2.43 bits per heavy atom. The van der Waals surface area contributed by atoms with Gasteiger partial charge < -0.3 is 15.6 Å². The van der Waals surface area contributed by atoms with Gasteiger partial charge in [-0.25, -0.2) is 0 Å². The van der Waals surface area contributed by atoms with Crippen LogP contribution in [0.3, 0.4) is 0 Å². The van der Waals surface area contributed by atoms with E-state index >= 15 is 0 Å². The van der Waals surface area contributed by atoms with Gasteiger partial charge in [-0.3, -0.25) is 4.79 Å². The number of nitrogens with zero attached hydrogens (tertiary/aromatic N) is 1. The van der Waals surface area contributed by atoms with Gasteiger partial charge in [-0.2, -0.15) is 0 Å². The monoisotopic (exact) mass is 311 g/mol. The first-order chi connectivity index (χ1) is 11.1. The summed E-state index contributed by atoms with van der Waals surface area (Å²) in [6.45, 7) is 4.04. The molecule has 2 aromatic rings. The van der Waals surface area contributed by atoms with E-state index in [4.69, 9.17) is 5.73 Å². The summed E-state index contributed by atoms with van der Waals surface area (Å²) in [6, 6.07) is 12.7. The van der Waals surface area contributed by atoms with E-state index < -0.39 is 0 Å². The van der Waals surface area contributed by atoms with Gasteiger partial charge in [0.25, 0.3) is 5.91 Å². The third kappa shape index (κ3) is 3.32. The molecule has 1 aliphatic carbocycles. The minimum absolute atomic E-state index is 0.0285. The van der Waals surface area contributed by atoms with Crippen LogP contribution in [0.4, 0.5) is 0 Å². The van der Waals surface area contributed by atoms with Gasteiger partial charge in [0.15, 0.2) is 0 Å². The van der Waals surface area contributed by atoms with E-state index in [1.807, 2.05) is 38.1 Å². The molecule has 1 saturated carbocycles. The molecular formula is C19H25N3O. The van der Waals surface area contributed by atoms with E-state index in [1.54, 1.807) is 0 Å². The lowest BCUT2D eigenvalue weighted by Gasteiger charge is -2.26. The standard InChI is InChI=1S/C19H25N3O/c1-13-12-18(14(2)22(13)17-6-4-3-5-7-17)19(23)21-16-10-8-15(20)9-11-16/h3-7,12,15-16H,8-11,20H2,1-2H3,(H,21,23). The lowest BCUT2D eigenvalue weighted by atomic mass is 9.91. The molecule has 0 saturated heterocycles. The molecule has 4 heteroatoms. The first-order valence-corrected chi connectivity index (χ1v) is 8.37. The summed E-state index contributed by atoms with van der Waals surface area (Å²) in [5, 5.41) is 3.18. The molecule has 0 unspecified atom stereocenters. The minimum Gasteiger partial charge on any atom is -0.349 e. The zero-order chi connectivity index (χ0) is 16.4. The van der Waals surface area contributed by atoms with Crippen molar-refractivity contribution >= 4 is 5.91 Å². The maximum Gasteiger partial charge on any atom is 0.253 e. The Morgan fingerprint density at radius 1 is 1.13 bits per heavy atom. The summed E-state index contributed by atoms with van der Waals surface area (Å²) in [5.74, 6) is 0.0285. The van der Waals surface area contributed by atoms with Crippen LogP contribution in [0.2, 0.25) is 0 Å². The van der Waals surface area contributed by atoms with Gasteiger partial charge in [0.1, 0.15) is 0 Å². The summed E-state index contributed by atoms with van der Waals surface area (Å²) in [7, 11) is 0. The van der Waals surface area contributed by atoms with E-state index in [0.29, 0.717) is 6.04 Å². The Hall–Kier alpha value is -2.07. The highest BCUT2D eigenvalue weighted by Gasteiger charge is 2.23. The second-order valence-electron chi connectivity index (χ2n) is 6.54. The molecule has 1 aliphatic rings. The highest BCUT2D eigenvalue weighted by molar-refractivity contribution is 5.96. The highest BCUT2D eigenvalue weighted by atomic mass is 16.1. The molecule has 1 amide bonds. The minimum atomic E-state index is 0.0285. The number of aryl methyl sites for hydroxylation is 1. The van der Waals surface area contributed by atoms with Crippen molar-refractivity contribution in [3.8, 4) is 5.69 Å². The lowest BCUT2D eigenvalue weighted by molar-refractivity contribution is 0.0925. The van der Waals surface area contributed by atoms with E-state index in [2.05, 4.69) is 22.0 Å². The Kier molecular flexibility index (Phi) is 4.53. The van der Waals surface area contributed by atoms with Gasteiger partial charge in [-0.1, -0.05) is 18.2 Å². The summed E-state index contributed by atoms with van der Waals surface area (Å²) >= 11 is 0. The van der Waals surface area contributed by atoms with Gasteiger partial charge >= 0.3 is 0 Å². The van der Waals surface area contributed by atoms with Crippen molar-refractivity contribution in [3.63, 3.8) is 0 Å². The van der Waals surface area contributed by atoms with Gasteiger partial charge in [0.2, 0.25) is 0 Å². The maximum atomic E-state index is 12.7. The van der Waals surface area contributed by atoms with Crippen LogP contribution in [-0.4, -0.2) is 22.6 Å². The van der Waals surface area contributed by atoms with Gasteiger partial charge in [0, 0.05) is 29.2 Å². The molecule has 0 aliphatic heterocycles. The number of nitrogens with one attached hydrogen (secondary N) is 1. The molecule has 1 fully saturated rings. The molecule has 0 atom stereocenters. The lowest BCUT2D eigenvalue weighted by Crippen LogP contribution is -2.40.